The minimum absolute atomic E-state index is 0.327. The lowest BCUT2D eigenvalue weighted by molar-refractivity contribution is 0.529. The monoisotopic (exact) mass is 490 g/mol. The van der Waals surface area contributed by atoms with Crippen LogP contribution in [0.1, 0.15) is 29.7 Å². The molecule has 2 heterocycles. The number of nitrogens with zero attached hydrogens (tertiary/aromatic N) is 2. The second-order valence-corrected chi connectivity index (χ2v) is 11.4. The van der Waals surface area contributed by atoms with Gasteiger partial charge in [0, 0.05) is 29.4 Å². The van der Waals surface area contributed by atoms with Crippen LogP contribution in [0.3, 0.4) is 0 Å². The fraction of sp³-hybridized carbons (Fsp3) is 0.318. The number of hydrogen-bond donors (Lipinski definition) is 0. The van der Waals surface area contributed by atoms with Gasteiger partial charge in [0.1, 0.15) is 0 Å². The summed E-state index contributed by atoms with van der Waals surface area (Å²) in [5, 5.41) is 2.78. The lowest BCUT2D eigenvalue weighted by Gasteiger charge is -2.31. The van der Waals surface area contributed by atoms with E-state index in [1.807, 2.05) is 0 Å². The zero-order chi connectivity index (χ0) is 20.4. The van der Waals surface area contributed by atoms with Gasteiger partial charge < -0.3 is 4.90 Å². The topological polar surface area (TPSA) is 50.3 Å². The Morgan fingerprint density at radius 3 is 2.48 bits per heavy atom. The van der Waals surface area contributed by atoms with Crippen LogP contribution in [-0.2, 0) is 16.3 Å². The van der Waals surface area contributed by atoms with Crippen molar-refractivity contribution in [3.05, 3.63) is 75.2 Å². The van der Waals surface area contributed by atoms with E-state index in [1.165, 1.54) is 11.1 Å². The highest BCUT2D eigenvalue weighted by Gasteiger charge is 2.32. The number of rotatable bonds is 5. The Labute approximate surface area is 184 Å². The molecule has 1 fully saturated rings. The van der Waals surface area contributed by atoms with Crippen molar-refractivity contribution < 1.29 is 8.42 Å². The molecule has 3 aromatic rings. The van der Waals surface area contributed by atoms with E-state index < -0.39 is 9.84 Å². The largest absolute Gasteiger partial charge is 0.348 e. The number of sulfone groups is 1. The summed E-state index contributed by atoms with van der Waals surface area (Å²) in [6.07, 6.45) is 2.09. The smallest absolute Gasteiger partial charge is 0.185 e. The van der Waals surface area contributed by atoms with E-state index in [0.717, 1.165) is 34.8 Å². The molecule has 0 bridgehead atoms. The normalized spacial score (nSPS) is 15.6. The Morgan fingerprint density at radius 2 is 1.79 bits per heavy atom. The molecule has 0 saturated carbocycles. The highest BCUT2D eigenvalue weighted by Crippen LogP contribution is 2.30. The molecule has 0 N–H and O–H groups in total. The molecule has 4 rings (SSSR count). The number of anilines is 1. The van der Waals surface area contributed by atoms with Crippen molar-refractivity contribution in [3.8, 4) is 0 Å². The van der Waals surface area contributed by atoms with E-state index in [1.54, 1.807) is 35.6 Å². The first-order valence-corrected chi connectivity index (χ1v) is 12.9. The Bertz CT molecular complexity index is 1090. The van der Waals surface area contributed by atoms with E-state index in [4.69, 9.17) is 4.98 Å². The molecule has 0 amide bonds. The summed E-state index contributed by atoms with van der Waals surface area (Å²) in [6.45, 7) is 3.56. The Hall–Kier alpha value is -1.70. The molecule has 0 unspecified atom stereocenters. The van der Waals surface area contributed by atoms with E-state index in [2.05, 4.69) is 57.4 Å². The third-order valence-corrected chi connectivity index (χ3v) is 9.22. The highest BCUT2D eigenvalue weighted by atomic mass is 79.9. The minimum atomic E-state index is -3.29. The number of piperidine rings is 1. The van der Waals surface area contributed by atoms with Crippen molar-refractivity contribution in [2.75, 3.05) is 18.0 Å². The quantitative estimate of drug-likeness (QED) is 0.490. The molecular weight excluding hydrogens is 468 g/mol. The summed E-state index contributed by atoms with van der Waals surface area (Å²) in [5.41, 5.74) is 3.65. The number of aromatic nitrogens is 1. The molecule has 152 valence electrons. The van der Waals surface area contributed by atoms with Crippen molar-refractivity contribution in [2.45, 2.75) is 36.3 Å². The molecule has 2 aromatic carbocycles. The van der Waals surface area contributed by atoms with E-state index in [9.17, 15) is 8.42 Å². The number of aryl methyl sites for hydroxylation is 1. The fourth-order valence-electron chi connectivity index (χ4n) is 3.70. The van der Waals surface area contributed by atoms with E-state index >= 15 is 0 Å². The van der Waals surface area contributed by atoms with Crippen LogP contribution in [0.4, 0.5) is 5.13 Å². The van der Waals surface area contributed by atoms with Crippen LogP contribution < -0.4 is 4.90 Å². The molecule has 1 aliphatic heterocycles. The number of halogens is 1. The number of hydrogen-bond acceptors (Lipinski definition) is 5. The van der Waals surface area contributed by atoms with Crippen LogP contribution in [0.2, 0.25) is 0 Å². The maximum atomic E-state index is 12.9. The van der Waals surface area contributed by atoms with Crippen molar-refractivity contribution >= 4 is 42.2 Å². The SMILES string of the molecule is Cc1ccccc1Cc1csc(N2CCC(S(=O)(=O)c3ccc(Br)cc3)CC2)n1. The molecule has 1 aromatic heterocycles. The van der Waals surface area contributed by atoms with Crippen molar-refractivity contribution in [1.29, 1.82) is 0 Å². The van der Waals surface area contributed by atoms with Gasteiger partial charge in [0.15, 0.2) is 15.0 Å². The molecule has 0 spiro atoms. The van der Waals surface area contributed by atoms with Gasteiger partial charge in [0.05, 0.1) is 15.8 Å². The summed E-state index contributed by atoms with van der Waals surface area (Å²) in [5.74, 6) is 0. The van der Waals surface area contributed by atoms with Crippen molar-refractivity contribution in [3.63, 3.8) is 0 Å². The predicted octanol–water partition coefficient (Wildman–Crippen LogP) is 5.25. The highest BCUT2D eigenvalue weighted by molar-refractivity contribution is 9.10. The van der Waals surface area contributed by atoms with Gasteiger partial charge in [-0.3, -0.25) is 0 Å². The average molecular weight is 491 g/mol. The van der Waals surface area contributed by atoms with Crippen LogP contribution >= 0.6 is 27.3 Å². The van der Waals surface area contributed by atoms with Crippen LogP contribution in [0.5, 0.6) is 0 Å². The molecule has 1 aliphatic rings. The van der Waals surface area contributed by atoms with Gasteiger partial charge >= 0.3 is 0 Å². The molecule has 1 saturated heterocycles. The van der Waals surface area contributed by atoms with Crippen LogP contribution in [0.25, 0.3) is 0 Å². The average Bonchev–Trinajstić information content (AvgIpc) is 3.19. The van der Waals surface area contributed by atoms with Gasteiger partial charge in [-0.1, -0.05) is 40.2 Å². The molecule has 7 heteroatoms. The van der Waals surface area contributed by atoms with Crippen LogP contribution in [0, 0.1) is 6.92 Å². The molecule has 0 radical (unpaired) electrons. The maximum absolute atomic E-state index is 12.9. The Morgan fingerprint density at radius 1 is 1.10 bits per heavy atom. The van der Waals surface area contributed by atoms with Crippen molar-refractivity contribution in [2.24, 2.45) is 0 Å². The zero-order valence-corrected chi connectivity index (χ0v) is 19.4. The lowest BCUT2D eigenvalue weighted by atomic mass is 10.1. The molecule has 29 heavy (non-hydrogen) atoms. The molecule has 4 nitrogen and oxygen atoms in total. The first-order valence-electron chi connectivity index (χ1n) is 9.67. The zero-order valence-electron chi connectivity index (χ0n) is 16.2. The summed E-state index contributed by atoms with van der Waals surface area (Å²) in [4.78, 5) is 7.45. The van der Waals surface area contributed by atoms with E-state index in [-0.39, 0.29) is 5.25 Å². The van der Waals surface area contributed by atoms with Gasteiger partial charge in [0.2, 0.25) is 0 Å². The van der Waals surface area contributed by atoms with Gasteiger partial charge in [0.25, 0.3) is 0 Å². The van der Waals surface area contributed by atoms with Gasteiger partial charge in [-0.25, -0.2) is 13.4 Å². The summed E-state index contributed by atoms with van der Waals surface area (Å²) < 4.78 is 26.8. The summed E-state index contributed by atoms with van der Waals surface area (Å²) in [7, 11) is -3.29. The minimum Gasteiger partial charge on any atom is -0.348 e. The molecular formula is C22H23BrN2O2S2. The fourth-order valence-corrected chi connectivity index (χ4v) is 6.58. The lowest BCUT2D eigenvalue weighted by Crippen LogP contribution is -2.39. The predicted molar refractivity (Wildman–Crippen MR) is 123 cm³/mol. The summed E-state index contributed by atoms with van der Waals surface area (Å²) >= 11 is 5.01. The molecule has 0 atom stereocenters. The first kappa shape index (κ1) is 20.6. The third kappa shape index (κ3) is 4.57. The van der Waals surface area contributed by atoms with Crippen LogP contribution in [0.15, 0.2) is 63.3 Å². The Kier molecular flexibility index (Phi) is 6.08. The van der Waals surface area contributed by atoms with Crippen LogP contribution in [-0.4, -0.2) is 31.7 Å². The number of thiazole rings is 1. The number of benzene rings is 2. The van der Waals surface area contributed by atoms with Gasteiger partial charge in [-0.15, -0.1) is 11.3 Å². The molecule has 0 aliphatic carbocycles. The third-order valence-electron chi connectivity index (χ3n) is 5.47. The van der Waals surface area contributed by atoms with E-state index in [0.29, 0.717) is 17.7 Å². The van der Waals surface area contributed by atoms with Crippen molar-refractivity contribution in [1.82, 2.24) is 4.98 Å². The van der Waals surface area contributed by atoms with Gasteiger partial charge in [-0.05, 0) is 55.2 Å². The second kappa shape index (κ2) is 8.58. The first-order chi connectivity index (χ1) is 13.9. The van der Waals surface area contributed by atoms with Gasteiger partial charge in [-0.2, -0.15) is 0 Å². The second-order valence-electron chi connectivity index (χ2n) is 7.41. The maximum Gasteiger partial charge on any atom is 0.185 e. The standard InChI is InChI=1S/C22H23BrN2O2S2/c1-16-4-2-3-5-17(16)14-19-15-28-22(24-19)25-12-10-21(11-13-25)29(26,27)20-8-6-18(23)7-9-20/h2-9,15,21H,10-14H2,1H3. The summed E-state index contributed by atoms with van der Waals surface area (Å²) in [6, 6.07) is 15.3. The Balaban J connectivity index is 1.40.